The predicted molar refractivity (Wildman–Crippen MR) is 70.5 cm³/mol. The molecule has 94 valence electrons. The van der Waals surface area contributed by atoms with Crippen LogP contribution in [0.25, 0.3) is 0 Å². The second kappa shape index (κ2) is 6.40. The molecule has 2 N–H and O–H groups in total. The number of carbonyl (C=O) groups excluding carboxylic acids is 1. The fourth-order valence-corrected chi connectivity index (χ4v) is 1.68. The summed E-state index contributed by atoms with van der Waals surface area (Å²) < 4.78 is 0. The molecule has 0 saturated heterocycles. The van der Waals surface area contributed by atoms with Crippen molar-refractivity contribution in [3.8, 4) is 0 Å². The van der Waals surface area contributed by atoms with E-state index < -0.39 is 0 Å². The molecule has 3 heteroatoms. The highest BCUT2D eigenvalue weighted by Gasteiger charge is 2.18. The molecule has 3 nitrogen and oxygen atoms in total. The van der Waals surface area contributed by atoms with Gasteiger partial charge in [-0.1, -0.05) is 37.3 Å². The van der Waals surface area contributed by atoms with Gasteiger partial charge in [0, 0.05) is 19.5 Å². The molecule has 1 aromatic rings. The molecule has 0 heterocycles. The van der Waals surface area contributed by atoms with E-state index in [0.717, 1.165) is 12.0 Å². The minimum Gasteiger partial charge on any atom is -0.339 e. The Morgan fingerprint density at radius 1 is 1.35 bits per heavy atom. The second-order valence-electron chi connectivity index (χ2n) is 4.46. The summed E-state index contributed by atoms with van der Waals surface area (Å²) in [6, 6.07) is 10.1. The summed E-state index contributed by atoms with van der Waals surface area (Å²) in [7, 11) is 1.84. The lowest BCUT2D eigenvalue weighted by Gasteiger charge is -2.26. The van der Waals surface area contributed by atoms with Crippen LogP contribution in [0.2, 0.25) is 0 Å². The largest absolute Gasteiger partial charge is 0.339 e. The Kier molecular flexibility index (Phi) is 5.16. The third-order valence-corrected chi connectivity index (χ3v) is 3.22. The SMILES string of the molecule is CCC(N)CC(=O)N(C)C(C)c1ccccc1. The van der Waals surface area contributed by atoms with E-state index in [2.05, 4.69) is 0 Å². The van der Waals surface area contributed by atoms with E-state index in [9.17, 15) is 4.79 Å². The molecule has 0 aliphatic rings. The summed E-state index contributed by atoms with van der Waals surface area (Å²) in [5, 5.41) is 0. The molecule has 0 spiro atoms. The van der Waals surface area contributed by atoms with E-state index in [1.807, 2.05) is 51.2 Å². The van der Waals surface area contributed by atoms with Gasteiger partial charge in [0.25, 0.3) is 0 Å². The molecular formula is C14H22N2O. The van der Waals surface area contributed by atoms with Crippen molar-refractivity contribution in [2.24, 2.45) is 5.73 Å². The second-order valence-corrected chi connectivity index (χ2v) is 4.46. The number of nitrogens with zero attached hydrogens (tertiary/aromatic N) is 1. The maximum Gasteiger partial charge on any atom is 0.224 e. The van der Waals surface area contributed by atoms with Gasteiger partial charge in [-0.3, -0.25) is 4.79 Å². The lowest BCUT2D eigenvalue weighted by atomic mass is 10.1. The van der Waals surface area contributed by atoms with Crippen molar-refractivity contribution in [1.82, 2.24) is 4.90 Å². The number of hydrogen-bond acceptors (Lipinski definition) is 2. The zero-order chi connectivity index (χ0) is 12.8. The zero-order valence-electron chi connectivity index (χ0n) is 10.9. The van der Waals surface area contributed by atoms with E-state index >= 15 is 0 Å². The van der Waals surface area contributed by atoms with Crippen molar-refractivity contribution in [3.63, 3.8) is 0 Å². The third-order valence-electron chi connectivity index (χ3n) is 3.22. The first-order valence-electron chi connectivity index (χ1n) is 6.12. The van der Waals surface area contributed by atoms with Crippen molar-refractivity contribution in [2.75, 3.05) is 7.05 Å². The average Bonchev–Trinajstić information content (AvgIpc) is 2.37. The van der Waals surface area contributed by atoms with Gasteiger partial charge in [-0.25, -0.2) is 0 Å². The monoisotopic (exact) mass is 234 g/mol. The van der Waals surface area contributed by atoms with Gasteiger partial charge in [0.05, 0.1) is 6.04 Å². The Morgan fingerprint density at radius 2 is 1.94 bits per heavy atom. The van der Waals surface area contributed by atoms with Gasteiger partial charge >= 0.3 is 0 Å². The topological polar surface area (TPSA) is 46.3 Å². The standard InChI is InChI=1S/C14H22N2O/c1-4-13(15)10-14(17)16(3)11(2)12-8-6-5-7-9-12/h5-9,11,13H,4,10,15H2,1-3H3. The van der Waals surface area contributed by atoms with Crippen LogP contribution in [0.3, 0.4) is 0 Å². The van der Waals surface area contributed by atoms with Gasteiger partial charge in [0.2, 0.25) is 5.91 Å². The molecule has 2 unspecified atom stereocenters. The van der Waals surface area contributed by atoms with Crippen molar-refractivity contribution in [3.05, 3.63) is 35.9 Å². The maximum absolute atomic E-state index is 12.0. The molecule has 0 radical (unpaired) electrons. The van der Waals surface area contributed by atoms with Crippen LogP contribution >= 0.6 is 0 Å². The fraction of sp³-hybridized carbons (Fsp3) is 0.500. The number of carbonyl (C=O) groups is 1. The summed E-state index contributed by atoms with van der Waals surface area (Å²) in [5.74, 6) is 0.107. The smallest absolute Gasteiger partial charge is 0.224 e. The molecule has 0 fully saturated rings. The van der Waals surface area contributed by atoms with E-state index in [1.165, 1.54) is 0 Å². The minimum absolute atomic E-state index is 0.0343. The quantitative estimate of drug-likeness (QED) is 0.850. The normalized spacial score (nSPS) is 14.1. The average molecular weight is 234 g/mol. The van der Waals surface area contributed by atoms with Gasteiger partial charge in [-0.15, -0.1) is 0 Å². The van der Waals surface area contributed by atoms with Crippen LogP contribution in [0, 0.1) is 0 Å². The van der Waals surface area contributed by atoms with Gasteiger partial charge in [-0.2, -0.15) is 0 Å². The molecule has 1 amide bonds. The Bertz CT molecular complexity index is 350. The molecule has 1 rings (SSSR count). The highest BCUT2D eigenvalue weighted by molar-refractivity contribution is 5.77. The first kappa shape index (κ1) is 13.7. The number of amides is 1. The highest BCUT2D eigenvalue weighted by atomic mass is 16.2. The predicted octanol–water partition coefficient (Wildman–Crippen LogP) is 2.33. The molecular weight excluding hydrogens is 212 g/mol. The molecule has 1 aromatic carbocycles. The van der Waals surface area contributed by atoms with E-state index in [1.54, 1.807) is 4.90 Å². The van der Waals surface area contributed by atoms with E-state index in [4.69, 9.17) is 5.73 Å². The summed E-state index contributed by atoms with van der Waals surface area (Å²) >= 11 is 0. The number of hydrogen-bond donors (Lipinski definition) is 1. The van der Waals surface area contributed by atoms with Crippen molar-refractivity contribution >= 4 is 5.91 Å². The van der Waals surface area contributed by atoms with Gasteiger partial charge < -0.3 is 10.6 Å². The molecule has 0 bridgehead atoms. The molecule has 0 aliphatic heterocycles. The number of benzene rings is 1. The van der Waals surface area contributed by atoms with Crippen molar-refractivity contribution < 1.29 is 4.79 Å². The van der Waals surface area contributed by atoms with Crippen LogP contribution in [0.15, 0.2) is 30.3 Å². The van der Waals surface area contributed by atoms with Crippen LogP contribution in [0.5, 0.6) is 0 Å². The fourth-order valence-electron chi connectivity index (χ4n) is 1.68. The van der Waals surface area contributed by atoms with E-state index in [0.29, 0.717) is 6.42 Å². The van der Waals surface area contributed by atoms with Gasteiger partial charge in [-0.05, 0) is 18.9 Å². The molecule has 0 saturated carbocycles. The van der Waals surface area contributed by atoms with Crippen LogP contribution < -0.4 is 5.73 Å². The van der Waals surface area contributed by atoms with Crippen molar-refractivity contribution in [1.29, 1.82) is 0 Å². The third kappa shape index (κ3) is 3.86. The molecule has 0 aliphatic carbocycles. The maximum atomic E-state index is 12.0. The van der Waals surface area contributed by atoms with Gasteiger partial charge in [0.15, 0.2) is 0 Å². The molecule has 17 heavy (non-hydrogen) atoms. The Hall–Kier alpha value is -1.35. The minimum atomic E-state index is -0.0343. The Morgan fingerprint density at radius 3 is 2.47 bits per heavy atom. The molecule has 2 atom stereocenters. The number of nitrogens with two attached hydrogens (primary N) is 1. The van der Waals surface area contributed by atoms with Crippen LogP contribution in [0.4, 0.5) is 0 Å². The number of rotatable bonds is 5. The van der Waals surface area contributed by atoms with Crippen molar-refractivity contribution in [2.45, 2.75) is 38.8 Å². The van der Waals surface area contributed by atoms with E-state index in [-0.39, 0.29) is 18.0 Å². The molecule has 0 aromatic heterocycles. The first-order chi connectivity index (χ1) is 8.06. The summed E-state index contributed by atoms with van der Waals surface area (Å²) in [6.45, 7) is 4.03. The van der Waals surface area contributed by atoms with Crippen LogP contribution in [0.1, 0.15) is 38.3 Å². The van der Waals surface area contributed by atoms with Crippen LogP contribution in [-0.2, 0) is 4.79 Å². The lowest BCUT2D eigenvalue weighted by Crippen LogP contribution is -2.34. The summed E-state index contributed by atoms with van der Waals surface area (Å²) in [5.41, 5.74) is 6.95. The first-order valence-corrected chi connectivity index (χ1v) is 6.12. The van der Waals surface area contributed by atoms with Gasteiger partial charge in [0.1, 0.15) is 0 Å². The zero-order valence-corrected chi connectivity index (χ0v) is 10.9. The summed E-state index contributed by atoms with van der Waals surface area (Å²) in [4.78, 5) is 13.7. The van der Waals surface area contributed by atoms with Crippen LogP contribution in [-0.4, -0.2) is 23.9 Å². The summed E-state index contributed by atoms with van der Waals surface area (Å²) in [6.07, 6.45) is 1.25. The Labute approximate surface area is 104 Å². The lowest BCUT2D eigenvalue weighted by molar-refractivity contribution is -0.132. The Balaban J connectivity index is 2.63. The highest BCUT2D eigenvalue weighted by Crippen LogP contribution is 2.19.